The van der Waals surface area contributed by atoms with Crippen LogP contribution in [0.25, 0.3) is 11.4 Å². The van der Waals surface area contributed by atoms with E-state index in [9.17, 15) is 4.79 Å². The first-order chi connectivity index (χ1) is 10.1. The van der Waals surface area contributed by atoms with Gasteiger partial charge in [0, 0.05) is 18.7 Å². The van der Waals surface area contributed by atoms with Crippen molar-refractivity contribution in [2.24, 2.45) is 7.05 Å². The molecule has 3 aromatic rings. The first-order valence-electron chi connectivity index (χ1n) is 6.13. The zero-order valence-corrected chi connectivity index (χ0v) is 12.0. The molecule has 21 heavy (non-hydrogen) atoms. The molecule has 0 radical (unpaired) electrons. The molecule has 0 saturated heterocycles. The number of aromatic amines is 1. The second-order valence-corrected chi connectivity index (χ2v) is 5.28. The second-order valence-electron chi connectivity index (χ2n) is 4.29. The zero-order valence-electron chi connectivity index (χ0n) is 11.1. The lowest BCUT2D eigenvalue weighted by atomic mass is 10.2. The minimum atomic E-state index is -0.275. The Morgan fingerprint density at radius 1 is 1.24 bits per heavy atom. The van der Waals surface area contributed by atoms with E-state index in [4.69, 9.17) is 5.73 Å². The summed E-state index contributed by atoms with van der Waals surface area (Å²) in [7, 11) is 1.64. The highest BCUT2D eigenvalue weighted by molar-refractivity contribution is 7.99. The fourth-order valence-corrected chi connectivity index (χ4v) is 2.54. The lowest BCUT2D eigenvalue weighted by molar-refractivity contribution is 0.764. The summed E-state index contributed by atoms with van der Waals surface area (Å²) in [5.74, 6) is 0.908. The van der Waals surface area contributed by atoms with Gasteiger partial charge in [0.2, 0.25) is 0 Å². The predicted octanol–water partition coefficient (Wildman–Crippen LogP) is 1.30. The summed E-state index contributed by atoms with van der Waals surface area (Å²) in [4.78, 5) is 20.0. The third kappa shape index (κ3) is 2.79. The van der Waals surface area contributed by atoms with Gasteiger partial charge in [-0.15, -0.1) is 5.10 Å². The number of nitrogens with zero attached hydrogens (tertiary/aromatic N) is 4. The number of hydrogen-bond acceptors (Lipinski definition) is 6. The number of rotatable bonds is 3. The summed E-state index contributed by atoms with van der Waals surface area (Å²) in [5, 5.41) is 7.45. The van der Waals surface area contributed by atoms with Crippen LogP contribution < -0.4 is 11.4 Å². The smallest absolute Gasteiger partial charge is 0.343 e. The summed E-state index contributed by atoms with van der Waals surface area (Å²) in [6.45, 7) is 0. The van der Waals surface area contributed by atoms with Crippen LogP contribution in [0.4, 0.5) is 5.82 Å². The van der Waals surface area contributed by atoms with Crippen LogP contribution in [0.2, 0.25) is 0 Å². The molecule has 0 fully saturated rings. The highest BCUT2D eigenvalue weighted by Crippen LogP contribution is 2.26. The molecule has 3 rings (SSSR count). The number of benzene rings is 1. The van der Waals surface area contributed by atoms with Gasteiger partial charge < -0.3 is 5.73 Å². The molecule has 2 heterocycles. The van der Waals surface area contributed by atoms with Crippen LogP contribution in [0.5, 0.6) is 0 Å². The normalized spacial score (nSPS) is 10.7. The van der Waals surface area contributed by atoms with Crippen LogP contribution >= 0.6 is 11.8 Å². The molecule has 8 heteroatoms. The van der Waals surface area contributed by atoms with Gasteiger partial charge in [-0.25, -0.2) is 19.9 Å². The van der Waals surface area contributed by atoms with Crippen LogP contribution in [0.3, 0.4) is 0 Å². The van der Waals surface area contributed by atoms with E-state index in [-0.39, 0.29) is 5.69 Å². The fraction of sp³-hybridized carbons (Fsp3) is 0.0769. The molecule has 0 amide bonds. The van der Waals surface area contributed by atoms with Crippen molar-refractivity contribution in [3.63, 3.8) is 0 Å². The van der Waals surface area contributed by atoms with Crippen molar-refractivity contribution in [2.45, 2.75) is 10.2 Å². The molecule has 0 unspecified atom stereocenters. The Hall–Kier alpha value is -2.61. The summed E-state index contributed by atoms with van der Waals surface area (Å²) < 4.78 is 1.41. The molecule has 0 aliphatic carbocycles. The van der Waals surface area contributed by atoms with Gasteiger partial charge in [-0.3, -0.25) is 4.57 Å². The van der Waals surface area contributed by atoms with E-state index < -0.39 is 0 Å². The largest absolute Gasteiger partial charge is 0.384 e. The standard InChI is InChI=1S/C13H12N6OS/c1-19-12(20)17-18-13(19)21-10-7-9(14)15-11(16-10)8-5-3-2-4-6-8/h2-7H,1H3,(H,17,20)(H2,14,15,16). The number of hydrogen-bond donors (Lipinski definition) is 2. The number of nitrogens with one attached hydrogen (secondary N) is 1. The topological polar surface area (TPSA) is 102 Å². The van der Waals surface area contributed by atoms with Crippen molar-refractivity contribution in [3.05, 3.63) is 46.9 Å². The molecule has 1 aromatic carbocycles. The molecule has 3 N–H and O–H groups in total. The minimum absolute atomic E-state index is 0.275. The first kappa shape index (κ1) is 13.4. The summed E-state index contributed by atoms with van der Waals surface area (Å²) in [6, 6.07) is 11.2. The molecule has 0 saturated carbocycles. The Kier molecular flexibility index (Phi) is 3.44. The van der Waals surface area contributed by atoms with Gasteiger partial charge in [-0.2, -0.15) is 0 Å². The highest BCUT2D eigenvalue weighted by Gasteiger charge is 2.10. The Balaban J connectivity index is 1.99. The molecule has 0 spiro atoms. The monoisotopic (exact) mass is 300 g/mol. The van der Waals surface area contributed by atoms with Gasteiger partial charge in [-0.1, -0.05) is 30.3 Å². The Labute approximate surface area is 124 Å². The van der Waals surface area contributed by atoms with Crippen molar-refractivity contribution in [1.29, 1.82) is 0 Å². The first-order valence-corrected chi connectivity index (χ1v) is 6.94. The van der Waals surface area contributed by atoms with Crippen LogP contribution in [0.15, 0.2) is 51.4 Å². The maximum atomic E-state index is 11.4. The van der Waals surface area contributed by atoms with Crippen molar-refractivity contribution < 1.29 is 0 Å². The van der Waals surface area contributed by atoms with E-state index in [0.717, 1.165) is 5.56 Å². The number of nitrogen functional groups attached to an aromatic ring is 1. The van der Waals surface area contributed by atoms with Crippen molar-refractivity contribution in [1.82, 2.24) is 24.7 Å². The predicted molar refractivity (Wildman–Crippen MR) is 79.8 cm³/mol. The SMILES string of the molecule is Cn1c(Sc2cc(N)nc(-c3ccccc3)n2)n[nH]c1=O. The number of aromatic nitrogens is 5. The molecule has 0 atom stereocenters. The molecule has 0 aliphatic heterocycles. The minimum Gasteiger partial charge on any atom is -0.384 e. The third-order valence-corrected chi connectivity index (χ3v) is 3.76. The van der Waals surface area contributed by atoms with Gasteiger partial charge in [0.1, 0.15) is 10.8 Å². The number of H-pyrrole nitrogens is 1. The molecule has 2 aromatic heterocycles. The molecular weight excluding hydrogens is 288 g/mol. The Bertz CT molecular complexity index is 826. The van der Waals surface area contributed by atoms with Crippen LogP contribution in [0, 0.1) is 0 Å². The van der Waals surface area contributed by atoms with E-state index in [1.54, 1.807) is 13.1 Å². The van der Waals surface area contributed by atoms with Gasteiger partial charge in [0.25, 0.3) is 0 Å². The Morgan fingerprint density at radius 2 is 2.00 bits per heavy atom. The lowest BCUT2D eigenvalue weighted by Crippen LogP contribution is -2.12. The third-order valence-electron chi connectivity index (χ3n) is 2.79. The second kappa shape index (κ2) is 5.41. The van der Waals surface area contributed by atoms with Crippen LogP contribution in [-0.2, 0) is 7.05 Å². The maximum Gasteiger partial charge on any atom is 0.343 e. The molecule has 106 valence electrons. The van der Waals surface area contributed by atoms with Gasteiger partial charge in [0.15, 0.2) is 11.0 Å². The van der Waals surface area contributed by atoms with E-state index in [2.05, 4.69) is 20.2 Å². The molecule has 7 nitrogen and oxygen atoms in total. The zero-order chi connectivity index (χ0) is 14.8. The lowest BCUT2D eigenvalue weighted by Gasteiger charge is -2.05. The van der Waals surface area contributed by atoms with Crippen molar-refractivity contribution in [2.75, 3.05) is 5.73 Å². The Morgan fingerprint density at radius 3 is 2.67 bits per heavy atom. The number of anilines is 1. The summed E-state index contributed by atoms with van der Waals surface area (Å²) >= 11 is 1.25. The van der Waals surface area contributed by atoms with Gasteiger partial charge >= 0.3 is 5.69 Å². The maximum absolute atomic E-state index is 11.4. The van der Waals surface area contributed by atoms with E-state index in [1.165, 1.54) is 16.3 Å². The van der Waals surface area contributed by atoms with E-state index in [0.29, 0.717) is 21.8 Å². The molecule has 0 aliphatic rings. The van der Waals surface area contributed by atoms with Crippen molar-refractivity contribution in [3.8, 4) is 11.4 Å². The van der Waals surface area contributed by atoms with Crippen molar-refractivity contribution >= 4 is 17.6 Å². The van der Waals surface area contributed by atoms with Gasteiger partial charge in [-0.05, 0) is 11.8 Å². The van der Waals surface area contributed by atoms with E-state index >= 15 is 0 Å². The van der Waals surface area contributed by atoms with E-state index in [1.807, 2.05) is 30.3 Å². The molecular formula is C13H12N6OS. The van der Waals surface area contributed by atoms with Crippen LogP contribution in [-0.4, -0.2) is 24.7 Å². The summed E-state index contributed by atoms with van der Waals surface area (Å²) in [6.07, 6.45) is 0. The average molecular weight is 300 g/mol. The van der Waals surface area contributed by atoms with Gasteiger partial charge in [0.05, 0.1) is 0 Å². The van der Waals surface area contributed by atoms with Crippen LogP contribution in [0.1, 0.15) is 0 Å². The quantitative estimate of drug-likeness (QED) is 0.707. The number of nitrogens with two attached hydrogens (primary N) is 1. The highest BCUT2D eigenvalue weighted by atomic mass is 32.2. The fourth-order valence-electron chi connectivity index (χ4n) is 1.73. The average Bonchev–Trinajstić information content (AvgIpc) is 2.80. The molecule has 0 bridgehead atoms. The summed E-state index contributed by atoms with van der Waals surface area (Å²) in [5.41, 5.74) is 6.43.